The minimum absolute atomic E-state index is 0.0224. The van der Waals surface area contributed by atoms with Gasteiger partial charge >= 0.3 is 0 Å². The first-order valence-corrected chi connectivity index (χ1v) is 11.2. The van der Waals surface area contributed by atoms with Gasteiger partial charge in [0.2, 0.25) is 11.8 Å². The third kappa shape index (κ3) is 5.27. The van der Waals surface area contributed by atoms with Crippen molar-refractivity contribution in [3.8, 4) is 5.75 Å². The zero-order valence-electron chi connectivity index (χ0n) is 18.7. The van der Waals surface area contributed by atoms with Crippen LogP contribution in [-0.4, -0.2) is 64.8 Å². The van der Waals surface area contributed by atoms with E-state index in [0.717, 1.165) is 24.2 Å². The number of hydrogen-bond donors (Lipinski definition) is 2. The number of likely N-dealkylation sites (tertiary alicyclic amines) is 1. The van der Waals surface area contributed by atoms with Crippen LogP contribution >= 0.6 is 0 Å². The number of amides is 2. The van der Waals surface area contributed by atoms with E-state index in [1.165, 1.54) is 0 Å². The Hall–Kier alpha value is -2.94. The maximum atomic E-state index is 13.2. The summed E-state index contributed by atoms with van der Waals surface area (Å²) in [5.41, 5.74) is 1.05. The monoisotopic (exact) mass is 441 g/mol. The molecule has 1 aromatic carbocycles. The smallest absolute Gasteiger partial charge is 0.223 e. The number of ether oxygens (including phenoxy) is 2. The molecule has 0 unspecified atom stereocenters. The van der Waals surface area contributed by atoms with Crippen LogP contribution in [0.25, 0.3) is 0 Å². The third-order valence-corrected chi connectivity index (χ3v) is 6.23. The number of rotatable bonds is 7. The maximum absolute atomic E-state index is 13.2. The number of hydrogen-bond acceptors (Lipinski definition) is 6. The van der Waals surface area contributed by atoms with Gasteiger partial charge in [-0.25, -0.2) is 4.98 Å². The number of H-pyrrole nitrogens is 1. The first-order valence-electron chi connectivity index (χ1n) is 11.2. The Labute approximate surface area is 187 Å². The van der Waals surface area contributed by atoms with Gasteiger partial charge in [-0.1, -0.05) is 12.1 Å². The first kappa shape index (κ1) is 22.3. The molecule has 1 aromatic heterocycles. The summed E-state index contributed by atoms with van der Waals surface area (Å²) in [7, 11) is 1.63. The van der Waals surface area contributed by atoms with Crippen molar-refractivity contribution in [3.63, 3.8) is 0 Å². The van der Waals surface area contributed by atoms with Crippen molar-refractivity contribution in [2.24, 2.45) is 5.92 Å². The number of aromatic amines is 1. The highest BCUT2D eigenvalue weighted by Gasteiger charge is 2.39. The average molecular weight is 442 g/mol. The van der Waals surface area contributed by atoms with E-state index in [9.17, 15) is 9.59 Å². The highest BCUT2D eigenvalue weighted by atomic mass is 16.5. The predicted molar refractivity (Wildman–Crippen MR) is 117 cm³/mol. The van der Waals surface area contributed by atoms with Crippen molar-refractivity contribution >= 4 is 11.8 Å². The summed E-state index contributed by atoms with van der Waals surface area (Å²) in [6.07, 6.45) is 3.08. The van der Waals surface area contributed by atoms with Gasteiger partial charge in [0.25, 0.3) is 0 Å². The van der Waals surface area contributed by atoms with Crippen molar-refractivity contribution in [2.45, 2.75) is 51.1 Å². The van der Waals surface area contributed by atoms with Crippen LogP contribution in [-0.2, 0) is 20.7 Å². The van der Waals surface area contributed by atoms with Crippen molar-refractivity contribution < 1.29 is 19.1 Å². The Morgan fingerprint density at radius 2 is 2.12 bits per heavy atom. The summed E-state index contributed by atoms with van der Waals surface area (Å²) in [5.74, 6) is 2.14. The Morgan fingerprint density at radius 3 is 2.84 bits per heavy atom. The lowest BCUT2D eigenvalue weighted by atomic mass is 9.99. The Kier molecular flexibility index (Phi) is 7.04. The average Bonchev–Trinajstić information content (AvgIpc) is 3.44. The maximum Gasteiger partial charge on any atom is 0.223 e. The molecule has 2 N–H and O–H groups in total. The third-order valence-electron chi connectivity index (χ3n) is 6.23. The van der Waals surface area contributed by atoms with E-state index in [1.54, 1.807) is 7.11 Å². The van der Waals surface area contributed by atoms with Crippen LogP contribution in [0.5, 0.6) is 5.75 Å². The Balaban J connectivity index is 1.42. The summed E-state index contributed by atoms with van der Waals surface area (Å²) >= 11 is 0. The summed E-state index contributed by atoms with van der Waals surface area (Å²) in [5, 5.41) is 10.3. The first-order chi connectivity index (χ1) is 15.5. The van der Waals surface area contributed by atoms with Gasteiger partial charge < -0.3 is 19.7 Å². The summed E-state index contributed by atoms with van der Waals surface area (Å²) < 4.78 is 10.6. The molecule has 0 saturated carbocycles. The second kappa shape index (κ2) is 10.1. The highest BCUT2D eigenvalue weighted by Crippen LogP contribution is 2.31. The van der Waals surface area contributed by atoms with Crippen LogP contribution in [0.1, 0.15) is 48.9 Å². The molecule has 2 fully saturated rings. The molecule has 172 valence electrons. The number of carbonyl (C=O) groups is 2. The molecule has 0 bridgehead atoms. The van der Waals surface area contributed by atoms with Gasteiger partial charge in [-0.3, -0.25) is 14.7 Å². The van der Waals surface area contributed by atoms with Crippen molar-refractivity contribution in [2.75, 3.05) is 26.9 Å². The molecule has 3 heterocycles. The van der Waals surface area contributed by atoms with Gasteiger partial charge in [0.05, 0.1) is 13.2 Å². The zero-order valence-corrected chi connectivity index (χ0v) is 18.7. The number of aryl methyl sites for hydroxylation is 2. The van der Waals surface area contributed by atoms with Crippen LogP contribution in [0.2, 0.25) is 0 Å². The molecule has 0 radical (unpaired) electrons. The molecule has 0 spiro atoms. The summed E-state index contributed by atoms with van der Waals surface area (Å²) in [6.45, 7) is 3.54. The van der Waals surface area contributed by atoms with Crippen LogP contribution in [0.4, 0.5) is 0 Å². The molecule has 2 aliphatic rings. The number of methoxy groups -OCH3 is 1. The minimum atomic E-state index is -0.252. The molecule has 9 heteroatoms. The van der Waals surface area contributed by atoms with E-state index >= 15 is 0 Å². The van der Waals surface area contributed by atoms with Gasteiger partial charge in [0.1, 0.15) is 11.6 Å². The van der Waals surface area contributed by atoms with E-state index in [4.69, 9.17) is 9.47 Å². The van der Waals surface area contributed by atoms with Crippen LogP contribution in [0, 0.1) is 12.8 Å². The molecule has 2 saturated heterocycles. The van der Waals surface area contributed by atoms with Crippen LogP contribution < -0.4 is 10.1 Å². The van der Waals surface area contributed by atoms with Gasteiger partial charge in [-0.2, -0.15) is 5.10 Å². The van der Waals surface area contributed by atoms with Crippen LogP contribution in [0.15, 0.2) is 24.3 Å². The fourth-order valence-electron chi connectivity index (χ4n) is 4.47. The van der Waals surface area contributed by atoms with E-state index in [1.807, 2.05) is 36.1 Å². The lowest BCUT2D eigenvalue weighted by Crippen LogP contribution is -2.42. The standard InChI is InChI=1S/C23H31N5O4/c1-15-24-22(27-26-15)20-13-18(25-23(30)17-8-10-32-11-9-17)14-28(20)21(29)7-6-16-4-3-5-19(12-16)31-2/h3-5,12,17-18,20H,6-11,13-14H2,1-2H3,(H,25,30)(H,24,26,27)/t18-,20-/m0/s1. The lowest BCUT2D eigenvalue weighted by Gasteiger charge is -2.24. The van der Waals surface area contributed by atoms with Gasteiger partial charge in [0.15, 0.2) is 5.82 Å². The molecule has 9 nitrogen and oxygen atoms in total. The van der Waals surface area contributed by atoms with Crippen molar-refractivity contribution in [1.29, 1.82) is 0 Å². The second-order valence-corrected chi connectivity index (χ2v) is 8.52. The van der Waals surface area contributed by atoms with Gasteiger partial charge in [-0.15, -0.1) is 0 Å². The second-order valence-electron chi connectivity index (χ2n) is 8.52. The fourth-order valence-corrected chi connectivity index (χ4v) is 4.47. The number of nitrogens with zero attached hydrogens (tertiary/aromatic N) is 3. The highest BCUT2D eigenvalue weighted by molar-refractivity contribution is 5.80. The van der Waals surface area contributed by atoms with Gasteiger partial charge in [0, 0.05) is 38.1 Å². The predicted octanol–water partition coefficient (Wildman–Crippen LogP) is 1.94. The molecular formula is C23H31N5O4. The van der Waals surface area contributed by atoms with E-state index in [0.29, 0.717) is 50.7 Å². The number of carbonyl (C=O) groups excluding carboxylic acids is 2. The molecule has 2 aliphatic heterocycles. The Morgan fingerprint density at radius 1 is 1.31 bits per heavy atom. The SMILES string of the molecule is COc1cccc(CCC(=O)N2C[C@@H](NC(=O)C3CCOCC3)C[C@H]2c2n[nH]c(C)n2)c1. The minimum Gasteiger partial charge on any atom is -0.497 e. The number of nitrogens with one attached hydrogen (secondary N) is 2. The number of aromatic nitrogens is 3. The normalized spacial score (nSPS) is 21.5. The van der Waals surface area contributed by atoms with E-state index in [-0.39, 0.29) is 29.8 Å². The number of benzene rings is 1. The van der Waals surface area contributed by atoms with Crippen LogP contribution in [0.3, 0.4) is 0 Å². The summed E-state index contributed by atoms with van der Waals surface area (Å²) in [4.78, 5) is 32.2. The quantitative estimate of drug-likeness (QED) is 0.680. The molecule has 32 heavy (non-hydrogen) atoms. The molecule has 2 atom stereocenters. The van der Waals surface area contributed by atoms with Crippen molar-refractivity contribution in [1.82, 2.24) is 25.4 Å². The lowest BCUT2D eigenvalue weighted by molar-refractivity contribution is -0.133. The summed E-state index contributed by atoms with van der Waals surface area (Å²) in [6, 6.07) is 7.39. The molecule has 2 amide bonds. The van der Waals surface area contributed by atoms with Gasteiger partial charge in [-0.05, 0) is 50.3 Å². The molecule has 4 rings (SSSR count). The Bertz CT molecular complexity index is 940. The zero-order chi connectivity index (χ0) is 22.5. The molecule has 0 aliphatic carbocycles. The van der Waals surface area contributed by atoms with Crippen molar-refractivity contribution in [3.05, 3.63) is 41.5 Å². The van der Waals surface area contributed by atoms with E-state index < -0.39 is 0 Å². The topological polar surface area (TPSA) is 109 Å². The largest absolute Gasteiger partial charge is 0.497 e. The fraction of sp³-hybridized carbons (Fsp3) is 0.565. The molecular weight excluding hydrogens is 410 g/mol. The van der Waals surface area contributed by atoms with E-state index in [2.05, 4.69) is 20.5 Å². The molecule has 2 aromatic rings.